The van der Waals surface area contributed by atoms with Crippen molar-refractivity contribution in [3.63, 3.8) is 0 Å². The van der Waals surface area contributed by atoms with Crippen LogP contribution in [0.25, 0.3) is 0 Å². The molecule has 0 spiro atoms. The van der Waals surface area contributed by atoms with Crippen LogP contribution < -0.4 is 9.64 Å². The van der Waals surface area contributed by atoms with Crippen LogP contribution in [0.4, 0.5) is 5.69 Å². The normalized spacial score (nSPS) is 16.4. The number of nitrogens with zero attached hydrogens (tertiary/aromatic N) is 2. The minimum atomic E-state index is -1.04. The van der Waals surface area contributed by atoms with Crippen molar-refractivity contribution in [2.75, 3.05) is 37.7 Å². The number of allylic oxidation sites excluding steroid dienone is 4. The number of anilines is 1. The third-order valence-corrected chi connectivity index (χ3v) is 5.02. The van der Waals surface area contributed by atoms with Gasteiger partial charge in [-0.3, -0.25) is 0 Å². The second-order valence-corrected chi connectivity index (χ2v) is 7.15. The van der Waals surface area contributed by atoms with Crippen LogP contribution >= 0.6 is 23.5 Å². The van der Waals surface area contributed by atoms with E-state index in [2.05, 4.69) is 9.21 Å². The molecule has 0 radical (unpaired) electrons. The minimum absolute atomic E-state index is 0.225. The molecule has 0 aliphatic carbocycles. The van der Waals surface area contributed by atoms with Gasteiger partial charge in [-0.2, -0.15) is 0 Å². The Balaban J connectivity index is 1.86. The number of ether oxygens (including phenoxy) is 1. The molecule has 0 saturated carbocycles. The van der Waals surface area contributed by atoms with Gasteiger partial charge in [-0.15, -0.1) is 0 Å². The molecule has 0 amide bonds. The lowest BCUT2D eigenvalue weighted by Crippen LogP contribution is -2.43. The maximum absolute atomic E-state index is 10.7. The number of hydrogen-bond acceptors (Lipinski definition) is 6. The molecule has 1 aliphatic rings. The van der Waals surface area contributed by atoms with Gasteiger partial charge in [0.2, 0.25) is 0 Å². The number of rotatable bonds is 8. The maximum Gasteiger partial charge on any atom is 0.341 e. The van der Waals surface area contributed by atoms with E-state index in [4.69, 9.17) is 21.4 Å². The van der Waals surface area contributed by atoms with Gasteiger partial charge in [0.15, 0.2) is 6.61 Å². The molecule has 0 atom stereocenters. The standard InChI is InChI=1S/C19H23ClN2O4S/c1-2-4-16(23)5-3-12-27-22-10-8-21(9-11-22)15-6-7-17(20)18(13-15)26-14-19(24)25/h2-7,12-13,23H,8-11,14H2,1H3,(H,24,25)/b4-2-,12-3+,16-5+. The molecule has 1 heterocycles. The monoisotopic (exact) mass is 410 g/mol. The molecule has 1 saturated heterocycles. The van der Waals surface area contributed by atoms with E-state index in [1.54, 1.807) is 42.3 Å². The summed E-state index contributed by atoms with van der Waals surface area (Å²) in [4.78, 5) is 12.9. The molecule has 0 unspecified atom stereocenters. The SMILES string of the molecule is C\C=C/C(O)=C\C=C\SN1CCN(c2ccc(Cl)c(OCC(=O)O)c2)CC1. The van der Waals surface area contributed by atoms with Gasteiger partial charge < -0.3 is 19.8 Å². The Morgan fingerprint density at radius 1 is 1.30 bits per heavy atom. The summed E-state index contributed by atoms with van der Waals surface area (Å²) in [5.74, 6) is -0.434. The largest absolute Gasteiger partial charge is 0.508 e. The van der Waals surface area contributed by atoms with Crippen LogP contribution in [0.3, 0.4) is 0 Å². The summed E-state index contributed by atoms with van der Waals surface area (Å²) < 4.78 is 7.48. The van der Waals surface area contributed by atoms with Crippen molar-refractivity contribution < 1.29 is 19.7 Å². The summed E-state index contributed by atoms with van der Waals surface area (Å²) in [5.41, 5.74) is 0.958. The van der Waals surface area contributed by atoms with Crippen LogP contribution in [0.15, 0.2) is 53.7 Å². The highest BCUT2D eigenvalue weighted by atomic mass is 35.5. The Kier molecular flexibility index (Phi) is 8.57. The predicted octanol–water partition coefficient (Wildman–Crippen LogP) is 4.11. The van der Waals surface area contributed by atoms with Crippen molar-refractivity contribution in [2.24, 2.45) is 0 Å². The molecular weight excluding hydrogens is 388 g/mol. The number of carboxylic acids is 1. The van der Waals surface area contributed by atoms with Gasteiger partial charge in [0.25, 0.3) is 0 Å². The van der Waals surface area contributed by atoms with Gasteiger partial charge in [0.1, 0.15) is 11.5 Å². The predicted molar refractivity (Wildman–Crippen MR) is 111 cm³/mol. The Morgan fingerprint density at radius 3 is 2.70 bits per heavy atom. The first-order valence-electron chi connectivity index (χ1n) is 8.49. The van der Waals surface area contributed by atoms with E-state index in [1.165, 1.54) is 0 Å². The lowest BCUT2D eigenvalue weighted by Gasteiger charge is -2.35. The lowest BCUT2D eigenvalue weighted by molar-refractivity contribution is -0.139. The van der Waals surface area contributed by atoms with E-state index in [-0.39, 0.29) is 5.76 Å². The molecule has 0 bridgehead atoms. The van der Waals surface area contributed by atoms with Crippen LogP contribution in [0.1, 0.15) is 6.92 Å². The highest BCUT2D eigenvalue weighted by molar-refractivity contribution is 7.99. The number of halogens is 1. The maximum atomic E-state index is 10.7. The Hall–Kier alpha value is -2.09. The lowest BCUT2D eigenvalue weighted by atomic mass is 10.2. The number of benzene rings is 1. The van der Waals surface area contributed by atoms with Crippen LogP contribution in [0.2, 0.25) is 5.02 Å². The van der Waals surface area contributed by atoms with Crippen molar-refractivity contribution >= 4 is 35.2 Å². The van der Waals surface area contributed by atoms with E-state index in [0.717, 1.165) is 31.9 Å². The van der Waals surface area contributed by atoms with E-state index >= 15 is 0 Å². The smallest absolute Gasteiger partial charge is 0.341 e. The topological polar surface area (TPSA) is 73.2 Å². The molecule has 27 heavy (non-hydrogen) atoms. The van der Waals surface area contributed by atoms with E-state index in [0.29, 0.717) is 10.8 Å². The minimum Gasteiger partial charge on any atom is -0.508 e. The molecule has 2 N–H and O–H groups in total. The molecule has 6 nitrogen and oxygen atoms in total. The van der Waals surface area contributed by atoms with Crippen molar-refractivity contribution in [2.45, 2.75) is 6.92 Å². The average Bonchev–Trinajstić information content (AvgIpc) is 2.65. The summed E-state index contributed by atoms with van der Waals surface area (Å²) in [5, 5.41) is 20.6. The van der Waals surface area contributed by atoms with E-state index < -0.39 is 12.6 Å². The van der Waals surface area contributed by atoms with Gasteiger partial charge >= 0.3 is 5.97 Å². The molecule has 1 fully saturated rings. The highest BCUT2D eigenvalue weighted by Gasteiger charge is 2.18. The Labute approximate surface area is 168 Å². The summed E-state index contributed by atoms with van der Waals surface area (Å²) in [6.07, 6.45) is 6.88. The summed E-state index contributed by atoms with van der Waals surface area (Å²) in [6, 6.07) is 5.41. The first-order valence-corrected chi connectivity index (χ1v) is 9.70. The molecular formula is C19H23ClN2O4S. The molecule has 1 aromatic carbocycles. The number of piperazine rings is 1. The zero-order valence-corrected chi connectivity index (χ0v) is 16.6. The van der Waals surface area contributed by atoms with E-state index in [9.17, 15) is 9.90 Å². The third kappa shape index (κ3) is 7.21. The number of carboxylic acid groups (broad SMARTS) is 1. The number of aliphatic hydroxyl groups is 1. The first kappa shape index (κ1) is 21.2. The van der Waals surface area contributed by atoms with Gasteiger partial charge in [0.05, 0.1) is 5.02 Å². The first-order chi connectivity index (χ1) is 13.0. The Bertz CT molecular complexity index is 728. The fourth-order valence-electron chi connectivity index (χ4n) is 2.48. The van der Waals surface area contributed by atoms with Crippen LogP contribution in [-0.2, 0) is 4.79 Å². The van der Waals surface area contributed by atoms with Gasteiger partial charge in [-0.1, -0.05) is 35.7 Å². The second kappa shape index (κ2) is 10.9. The average molecular weight is 411 g/mol. The second-order valence-electron chi connectivity index (χ2n) is 5.74. The molecule has 0 aromatic heterocycles. The van der Waals surface area contributed by atoms with Crippen LogP contribution in [0.5, 0.6) is 5.75 Å². The van der Waals surface area contributed by atoms with Crippen LogP contribution in [-0.4, -0.2) is 53.3 Å². The van der Waals surface area contributed by atoms with Gasteiger partial charge in [-0.05, 0) is 36.6 Å². The number of carbonyl (C=O) groups is 1. The fourth-order valence-corrected chi connectivity index (χ4v) is 3.34. The van der Waals surface area contributed by atoms with Crippen LogP contribution in [0, 0.1) is 0 Å². The highest BCUT2D eigenvalue weighted by Crippen LogP contribution is 2.30. The zero-order chi connectivity index (χ0) is 19.6. The summed E-state index contributed by atoms with van der Waals surface area (Å²) in [7, 11) is 0. The van der Waals surface area contributed by atoms with Crippen molar-refractivity contribution in [1.82, 2.24) is 4.31 Å². The number of hydrogen-bond donors (Lipinski definition) is 2. The molecule has 146 valence electrons. The summed E-state index contributed by atoms with van der Waals surface area (Å²) >= 11 is 7.68. The molecule has 1 aromatic rings. The fraction of sp³-hybridized carbons (Fsp3) is 0.316. The van der Waals surface area contributed by atoms with Crippen molar-refractivity contribution in [1.29, 1.82) is 0 Å². The summed E-state index contributed by atoms with van der Waals surface area (Å²) in [6.45, 7) is 4.84. The third-order valence-electron chi connectivity index (χ3n) is 3.76. The Morgan fingerprint density at radius 2 is 2.04 bits per heavy atom. The molecule has 8 heteroatoms. The molecule has 2 rings (SSSR count). The zero-order valence-electron chi connectivity index (χ0n) is 15.0. The van der Waals surface area contributed by atoms with Crippen molar-refractivity contribution in [3.05, 3.63) is 58.7 Å². The number of aliphatic carboxylic acids is 1. The van der Waals surface area contributed by atoms with Gasteiger partial charge in [0, 0.05) is 37.9 Å². The van der Waals surface area contributed by atoms with E-state index in [1.807, 2.05) is 24.5 Å². The molecule has 1 aliphatic heterocycles. The van der Waals surface area contributed by atoms with Crippen molar-refractivity contribution in [3.8, 4) is 5.75 Å². The van der Waals surface area contributed by atoms with Gasteiger partial charge in [-0.25, -0.2) is 9.10 Å². The number of aliphatic hydroxyl groups excluding tert-OH is 1. The quantitative estimate of drug-likeness (QED) is 0.379.